The predicted octanol–water partition coefficient (Wildman–Crippen LogP) is 3.65. The first-order chi connectivity index (χ1) is 7.72. The van der Waals surface area contributed by atoms with E-state index in [9.17, 15) is 9.18 Å². The summed E-state index contributed by atoms with van der Waals surface area (Å²) in [5.74, 6) is -0.129. The summed E-state index contributed by atoms with van der Waals surface area (Å²) in [6.07, 6.45) is 10.8. The van der Waals surface area contributed by atoms with Gasteiger partial charge in [0, 0.05) is 5.57 Å². The fourth-order valence-corrected chi connectivity index (χ4v) is 2.27. The number of hydrogen-bond acceptors (Lipinski definition) is 1. The zero-order valence-corrected chi connectivity index (χ0v) is 9.37. The Labute approximate surface area is 95.0 Å². The maximum absolute atomic E-state index is 13.6. The number of hydrogen-bond donors (Lipinski definition) is 0. The van der Waals surface area contributed by atoms with Gasteiger partial charge in [-0.3, -0.25) is 4.79 Å². The van der Waals surface area contributed by atoms with E-state index in [0.717, 1.165) is 18.4 Å². The minimum Gasteiger partial charge on any atom is -0.298 e. The fourth-order valence-electron chi connectivity index (χ4n) is 2.27. The Hall–Kier alpha value is -1.44. The number of carbonyl (C=O) groups excluding carboxylic acids is 1. The van der Waals surface area contributed by atoms with Crippen molar-refractivity contribution < 1.29 is 9.18 Å². The molecule has 0 amide bonds. The molecule has 0 heterocycles. The van der Waals surface area contributed by atoms with E-state index >= 15 is 0 Å². The summed E-state index contributed by atoms with van der Waals surface area (Å²) in [5.41, 5.74) is 2.55. The van der Waals surface area contributed by atoms with Gasteiger partial charge in [-0.05, 0) is 42.4 Å². The normalized spacial score (nSPS) is 25.2. The van der Waals surface area contributed by atoms with Gasteiger partial charge in [-0.2, -0.15) is 0 Å². The zero-order chi connectivity index (χ0) is 11.5. The lowest BCUT2D eigenvalue weighted by Crippen LogP contribution is -2.11. The molecule has 1 atom stereocenters. The van der Waals surface area contributed by atoms with Gasteiger partial charge in [0.1, 0.15) is 12.1 Å². The van der Waals surface area contributed by atoms with E-state index in [2.05, 4.69) is 6.08 Å². The van der Waals surface area contributed by atoms with Gasteiger partial charge in [-0.1, -0.05) is 25.2 Å². The Morgan fingerprint density at radius 1 is 1.50 bits per heavy atom. The minimum absolute atomic E-state index is 0.234. The Kier molecular flexibility index (Phi) is 3.18. The number of aldehydes is 1. The van der Waals surface area contributed by atoms with Gasteiger partial charge in [0.15, 0.2) is 0 Å². The van der Waals surface area contributed by atoms with E-state index in [1.807, 2.05) is 19.1 Å². The number of halogens is 1. The van der Waals surface area contributed by atoms with Crippen molar-refractivity contribution in [3.05, 3.63) is 46.9 Å². The molecule has 0 aliphatic heterocycles. The first-order valence-electron chi connectivity index (χ1n) is 5.64. The zero-order valence-electron chi connectivity index (χ0n) is 9.37. The summed E-state index contributed by atoms with van der Waals surface area (Å²) in [6, 6.07) is 0. The second-order valence-corrected chi connectivity index (χ2v) is 4.35. The fraction of sp³-hybridized carbons (Fsp3) is 0.357. The molecule has 0 aromatic carbocycles. The molecule has 0 radical (unpaired) electrons. The van der Waals surface area contributed by atoms with Crippen LogP contribution in [0.5, 0.6) is 0 Å². The SMILES string of the molecule is CC1CC(C=O)=C(F)C=C1C1=CC=CCC1. The first-order valence-corrected chi connectivity index (χ1v) is 5.64. The molecule has 2 rings (SSSR count). The summed E-state index contributed by atoms with van der Waals surface area (Å²) >= 11 is 0. The summed E-state index contributed by atoms with van der Waals surface area (Å²) in [7, 11) is 0. The topological polar surface area (TPSA) is 17.1 Å². The highest BCUT2D eigenvalue weighted by molar-refractivity contribution is 5.76. The predicted molar refractivity (Wildman–Crippen MR) is 62.5 cm³/mol. The lowest BCUT2D eigenvalue weighted by molar-refractivity contribution is -0.105. The van der Waals surface area contributed by atoms with Crippen molar-refractivity contribution in [1.29, 1.82) is 0 Å². The Morgan fingerprint density at radius 2 is 2.31 bits per heavy atom. The van der Waals surface area contributed by atoms with Crippen molar-refractivity contribution in [3.8, 4) is 0 Å². The van der Waals surface area contributed by atoms with E-state index in [-0.39, 0.29) is 11.7 Å². The van der Waals surface area contributed by atoms with Crippen molar-refractivity contribution in [3.63, 3.8) is 0 Å². The minimum atomic E-state index is -0.362. The van der Waals surface area contributed by atoms with Crippen LogP contribution in [-0.4, -0.2) is 6.29 Å². The Morgan fingerprint density at radius 3 is 2.94 bits per heavy atom. The van der Waals surface area contributed by atoms with Crippen LogP contribution >= 0.6 is 0 Å². The smallest absolute Gasteiger partial charge is 0.148 e. The lowest BCUT2D eigenvalue weighted by atomic mass is 9.82. The van der Waals surface area contributed by atoms with Gasteiger partial charge >= 0.3 is 0 Å². The second kappa shape index (κ2) is 4.60. The van der Waals surface area contributed by atoms with Crippen molar-refractivity contribution in [1.82, 2.24) is 0 Å². The molecule has 0 saturated heterocycles. The molecule has 16 heavy (non-hydrogen) atoms. The lowest BCUT2D eigenvalue weighted by Gasteiger charge is -2.23. The van der Waals surface area contributed by atoms with Crippen molar-refractivity contribution in [2.45, 2.75) is 26.2 Å². The molecule has 0 fully saturated rings. The largest absolute Gasteiger partial charge is 0.298 e. The van der Waals surface area contributed by atoms with Crippen molar-refractivity contribution in [2.24, 2.45) is 5.92 Å². The van der Waals surface area contributed by atoms with Crippen molar-refractivity contribution >= 4 is 6.29 Å². The third-order valence-corrected chi connectivity index (χ3v) is 3.17. The van der Waals surface area contributed by atoms with Gasteiger partial charge in [0.2, 0.25) is 0 Å². The van der Waals surface area contributed by atoms with Crippen LogP contribution in [0.15, 0.2) is 46.9 Å². The van der Waals surface area contributed by atoms with E-state index in [1.165, 1.54) is 11.6 Å². The molecule has 84 valence electrons. The number of allylic oxidation sites excluding steroid dienone is 8. The second-order valence-electron chi connectivity index (χ2n) is 4.35. The van der Waals surface area contributed by atoms with Crippen LogP contribution < -0.4 is 0 Å². The molecule has 1 unspecified atom stereocenters. The highest BCUT2D eigenvalue weighted by atomic mass is 19.1. The van der Waals surface area contributed by atoms with Crippen LogP contribution in [-0.2, 0) is 4.79 Å². The third-order valence-electron chi connectivity index (χ3n) is 3.17. The molecule has 2 aliphatic carbocycles. The molecule has 0 bridgehead atoms. The van der Waals surface area contributed by atoms with Gasteiger partial charge in [0.25, 0.3) is 0 Å². The molecule has 2 aliphatic rings. The molecular weight excluding hydrogens is 203 g/mol. The molecule has 0 spiro atoms. The van der Waals surface area contributed by atoms with Gasteiger partial charge in [-0.25, -0.2) is 4.39 Å². The van der Waals surface area contributed by atoms with Gasteiger partial charge < -0.3 is 0 Å². The number of rotatable bonds is 2. The molecule has 0 saturated carbocycles. The Balaban J connectivity index is 2.34. The maximum Gasteiger partial charge on any atom is 0.148 e. The monoisotopic (exact) mass is 218 g/mol. The van der Waals surface area contributed by atoms with Crippen LogP contribution in [0.3, 0.4) is 0 Å². The standard InChI is InChI=1S/C14H15FO/c1-10-7-12(9-16)14(15)8-13(10)11-5-3-2-4-6-11/h2-3,5,8-10H,4,6-7H2,1H3. The van der Waals surface area contributed by atoms with Crippen LogP contribution in [0.2, 0.25) is 0 Å². The highest BCUT2D eigenvalue weighted by Crippen LogP contribution is 2.35. The van der Waals surface area contributed by atoms with Crippen molar-refractivity contribution in [2.75, 3.05) is 0 Å². The molecular formula is C14H15FO. The quantitative estimate of drug-likeness (QED) is 0.646. The van der Waals surface area contributed by atoms with E-state index in [4.69, 9.17) is 0 Å². The van der Waals surface area contributed by atoms with Gasteiger partial charge in [0.05, 0.1) is 0 Å². The highest BCUT2D eigenvalue weighted by Gasteiger charge is 2.22. The van der Waals surface area contributed by atoms with E-state index < -0.39 is 0 Å². The molecule has 1 nitrogen and oxygen atoms in total. The molecule has 0 aromatic heterocycles. The molecule has 0 N–H and O–H groups in total. The summed E-state index contributed by atoms with van der Waals surface area (Å²) < 4.78 is 13.6. The third kappa shape index (κ3) is 2.06. The summed E-state index contributed by atoms with van der Waals surface area (Å²) in [4.78, 5) is 10.6. The van der Waals surface area contributed by atoms with Crippen LogP contribution in [0.25, 0.3) is 0 Å². The average molecular weight is 218 g/mol. The van der Waals surface area contributed by atoms with Crippen LogP contribution in [0.1, 0.15) is 26.2 Å². The van der Waals surface area contributed by atoms with Gasteiger partial charge in [-0.15, -0.1) is 0 Å². The van der Waals surface area contributed by atoms with Crippen LogP contribution in [0.4, 0.5) is 4.39 Å². The van der Waals surface area contributed by atoms with Crippen LogP contribution in [0, 0.1) is 5.92 Å². The Bertz CT molecular complexity index is 424. The summed E-state index contributed by atoms with van der Waals surface area (Å²) in [5, 5.41) is 0. The number of carbonyl (C=O) groups is 1. The first kappa shape index (κ1) is 11.1. The maximum atomic E-state index is 13.6. The van der Waals surface area contributed by atoms with E-state index in [0.29, 0.717) is 18.3 Å². The average Bonchev–Trinajstić information content (AvgIpc) is 2.32. The molecule has 0 aromatic rings. The molecule has 2 heteroatoms. The summed E-state index contributed by atoms with van der Waals surface area (Å²) in [6.45, 7) is 2.04. The van der Waals surface area contributed by atoms with E-state index in [1.54, 1.807) is 0 Å².